The first kappa shape index (κ1) is 52.3. The van der Waals surface area contributed by atoms with Crippen LogP contribution in [0.15, 0.2) is 30.3 Å². The number of amides is 3. The molecule has 0 radical (unpaired) electrons. The predicted octanol–water partition coefficient (Wildman–Crippen LogP) is 7.71. The molecule has 0 aliphatic heterocycles. The van der Waals surface area contributed by atoms with Gasteiger partial charge in [0.15, 0.2) is 6.04 Å². The summed E-state index contributed by atoms with van der Waals surface area (Å²) in [6.45, 7) is 17.3. The molecule has 0 aliphatic carbocycles. The molecule has 0 bridgehead atoms. The van der Waals surface area contributed by atoms with Crippen molar-refractivity contribution in [1.82, 2.24) is 16.0 Å². The van der Waals surface area contributed by atoms with Gasteiger partial charge in [-0.1, -0.05) is 136 Å². The van der Waals surface area contributed by atoms with Crippen molar-refractivity contribution in [3.05, 3.63) is 35.9 Å². The van der Waals surface area contributed by atoms with E-state index in [2.05, 4.69) is 22.9 Å². The summed E-state index contributed by atoms with van der Waals surface area (Å²) in [6.07, 6.45) is 9.86. The van der Waals surface area contributed by atoms with Crippen LogP contribution >= 0.6 is 0 Å². The SMILES string of the molecule is CCCCCCCCCCCCC[C@@H](OC(=O)[C@H](COCc1ccccc1)NC(=O)[C@@H](NC(=O)[C@@H](NC(=O)OC(C)(C)C)C(C)C)C(C)C)[C@H](C)[C@@H](O)[C@@H](C)C(=O)O. The second-order valence-electron chi connectivity index (χ2n) is 17.4. The minimum atomic E-state index is -1.31. The van der Waals surface area contributed by atoms with Crippen LogP contribution in [-0.4, -0.2) is 82.6 Å². The van der Waals surface area contributed by atoms with Gasteiger partial charge < -0.3 is 40.4 Å². The maximum Gasteiger partial charge on any atom is 0.408 e. The number of nitrogens with one attached hydrogen (secondary N) is 3. The number of hydrogen-bond acceptors (Lipinski definition) is 9. The number of aliphatic hydroxyl groups excluding tert-OH is 1. The number of carboxylic acids is 1. The Morgan fingerprint density at radius 3 is 1.71 bits per heavy atom. The molecular formula is C45H77N3O10. The molecule has 1 aromatic rings. The molecule has 13 heteroatoms. The van der Waals surface area contributed by atoms with Crippen LogP contribution in [-0.2, 0) is 40.0 Å². The fourth-order valence-corrected chi connectivity index (χ4v) is 6.54. The third kappa shape index (κ3) is 21.3. The maximum atomic E-state index is 14.0. The second kappa shape index (κ2) is 27.9. The van der Waals surface area contributed by atoms with Crippen molar-refractivity contribution < 1.29 is 48.4 Å². The first-order chi connectivity index (χ1) is 27.3. The monoisotopic (exact) mass is 820 g/mol. The van der Waals surface area contributed by atoms with Gasteiger partial charge in [-0.2, -0.15) is 0 Å². The van der Waals surface area contributed by atoms with E-state index in [0.717, 1.165) is 31.2 Å². The average Bonchev–Trinajstić information content (AvgIpc) is 3.15. The van der Waals surface area contributed by atoms with Gasteiger partial charge in [0.05, 0.1) is 25.2 Å². The number of carboxylic acid groups (broad SMARTS) is 1. The topological polar surface area (TPSA) is 190 Å². The van der Waals surface area contributed by atoms with Crippen molar-refractivity contribution in [2.45, 2.75) is 189 Å². The number of rotatable bonds is 29. The third-order valence-corrected chi connectivity index (χ3v) is 10.3. The van der Waals surface area contributed by atoms with Gasteiger partial charge in [-0.3, -0.25) is 14.4 Å². The van der Waals surface area contributed by atoms with Crippen LogP contribution in [0.2, 0.25) is 0 Å². The molecule has 0 heterocycles. The molecule has 0 aromatic heterocycles. The molecule has 58 heavy (non-hydrogen) atoms. The van der Waals surface area contributed by atoms with E-state index in [1.54, 1.807) is 55.4 Å². The van der Waals surface area contributed by atoms with Gasteiger partial charge in [0.25, 0.3) is 0 Å². The van der Waals surface area contributed by atoms with E-state index in [4.69, 9.17) is 14.2 Å². The molecule has 7 atom stereocenters. The first-order valence-electron chi connectivity index (χ1n) is 21.6. The van der Waals surface area contributed by atoms with E-state index in [9.17, 15) is 34.2 Å². The van der Waals surface area contributed by atoms with Crippen molar-refractivity contribution in [2.24, 2.45) is 23.7 Å². The van der Waals surface area contributed by atoms with E-state index in [-0.39, 0.29) is 19.1 Å². The predicted molar refractivity (Wildman–Crippen MR) is 226 cm³/mol. The Bertz CT molecular complexity index is 1350. The lowest BCUT2D eigenvalue weighted by atomic mass is 9.87. The number of aliphatic carboxylic acids is 1. The van der Waals surface area contributed by atoms with Crippen LogP contribution in [0.3, 0.4) is 0 Å². The number of carbonyl (C=O) groups excluding carboxylic acids is 4. The van der Waals surface area contributed by atoms with Gasteiger partial charge >= 0.3 is 18.0 Å². The van der Waals surface area contributed by atoms with Crippen molar-refractivity contribution in [2.75, 3.05) is 6.61 Å². The zero-order chi connectivity index (χ0) is 43.8. The molecule has 13 nitrogen and oxygen atoms in total. The highest BCUT2D eigenvalue weighted by Crippen LogP contribution is 2.25. The lowest BCUT2D eigenvalue weighted by molar-refractivity contribution is -0.162. The molecule has 0 saturated heterocycles. The molecule has 3 amide bonds. The minimum Gasteiger partial charge on any atom is -0.481 e. The van der Waals surface area contributed by atoms with Crippen molar-refractivity contribution >= 4 is 29.8 Å². The highest BCUT2D eigenvalue weighted by molar-refractivity contribution is 5.93. The summed E-state index contributed by atoms with van der Waals surface area (Å²) in [7, 11) is 0. The van der Waals surface area contributed by atoms with Crippen molar-refractivity contribution in [3.63, 3.8) is 0 Å². The quantitative estimate of drug-likeness (QED) is 0.0396. The van der Waals surface area contributed by atoms with Crippen LogP contribution in [0.1, 0.15) is 152 Å². The van der Waals surface area contributed by atoms with E-state index in [1.807, 2.05) is 30.3 Å². The number of carbonyl (C=O) groups is 5. The maximum absolute atomic E-state index is 14.0. The molecule has 0 fully saturated rings. The van der Waals surface area contributed by atoms with Crippen LogP contribution in [0.4, 0.5) is 4.79 Å². The molecule has 1 aromatic carbocycles. The van der Waals surface area contributed by atoms with Gasteiger partial charge in [-0.05, 0) is 57.9 Å². The number of esters is 1. The summed E-state index contributed by atoms with van der Waals surface area (Å²) in [5.74, 6) is -5.85. The standard InChI is InChI=1S/C45H77N3O10/c1-11-12-13-14-15-16-17-18-19-20-24-27-36(32(6)39(49)33(7)42(52)53)57-43(54)35(29-56-28-34-25-22-21-23-26-34)46-40(50)37(30(2)3)47-41(51)38(31(4)5)48-44(55)58-45(8,9)10/h21-23,25-26,30-33,35-39,49H,11-20,24,27-29H2,1-10H3,(H,46,50)(H,47,51)(H,48,55)(H,52,53)/t32-,33+,35-,36+,37-,38-,39+/m0/s1. The van der Waals surface area contributed by atoms with Gasteiger partial charge in [0.2, 0.25) is 11.8 Å². The normalized spacial score (nSPS) is 15.4. The molecule has 0 spiro atoms. The summed E-state index contributed by atoms with van der Waals surface area (Å²) >= 11 is 0. The number of aliphatic hydroxyl groups is 1. The summed E-state index contributed by atoms with van der Waals surface area (Å²) in [4.78, 5) is 65.9. The molecule has 0 unspecified atom stereocenters. The molecule has 332 valence electrons. The van der Waals surface area contributed by atoms with Gasteiger partial charge in [-0.15, -0.1) is 0 Å². The Kier molecular flexibility index (Phi) is 25.1. The van der Waals surface area contributed by atoms with Crippen LogP contribution in [0.5, 0.6) is 0 Å². The Balaban J connectivity index is 3.21. The Labute approximate surface area is 348 Å². The lowest BCUT2D eigenvalue weighted by Crippen LogP contribution is -2.59. The molecule has 5 N–H and O–H groups in total. The van der Waals surface area contributed by atoms with Crippen LogP contribution < -0.4 is 16.0 Å². The van der Waals surface area contributed by atoms with Crippen molar-refractivity contribution in [3.8, 4) is 0 Å². The molecule has 0 aliphatic rings. The Morgan fingerprint density at radius 1 is 0.707 bits per heavy atom. The highest BCUT2D eigenvalue weighted by atomic mass is 16.6. The van der Waals surface area contributed by atoms with E-state index < -0.39 is 83.5 Å². The second-order valence-corrected chi connectivity index (χ2v) is 17.4. The smallest absolute Gasteiger partial charge is 0.408 e. The Morgan fingerprint density at radius 2 is 1.21 bits per heavy atom. The van der Waals surface area contributed by atoms with Crippen LogP contribution in [0.25, 0.3) is 0 Å². The number of alkyl carbamates (subject to hydrolysis) is 1. The molecule has 0 saturated carbocycles. The fourth-order valence-electron chi connectivity index (χ4n) is 6.54. The third-order valence-electron chi connectivity index (χ3n) is 10.3. The number of benzene rings is 1. The van der Waals surface area contributed by atoms with E-state index in [1.165, 1.54) is 45.4 Å². The number of hydrogen-bond donors (Lipinski definition) is 5. The summed E-state index contributed by atoms with van der Waals surface area (Å²) in [5.41, 5.74) is 0.0598. The van der Waals surface area contributed by atoms with Crippen LogP contribution in [0, 0.1) is 23.7 Å². The fraction of sp³-hybridized carbons (Fsp3) is 0.756. The highest BCUT2D eigenvalue weighted by Gasteiger charge is 2.37. The Hall–Kier alpha value is -3.71. The first-order valence-corrected chi connectivity index (χ1v) is 21.6. The summed E-state index contributed by atoms with van der Waals surface area (Å²) in [5, 5.41) is 28.8. The van der Waals surface area contributed by atoms with E-state index >= 15 is 0 Å². The van der Waals surface area contributed by atoms with Gasteiger partial charge in [0.1, 0.15) is 23.8 Å². The zero-order valence-corrected chi connectivity index (χ0v) is 37.1. The largest absolute Gasteiger partial charge is 0.481 e. The van der Waals surface area contributed by atoms with Gasteiger partial charge in [-0.25, -0.2) is 9.59 Å². The van der Waals surface area contributed by atoms with Crippen molar-refractivity contribution in [1.29, 1.82) is 0 Å². The average molecular weight is 820 g/mol. The number of unbranched alkanes of at least 4 members (excludes halogenated alkanes) is 10. The van der Waals surface area contributed by atoms with E-state index in [0.29, 0.717) is 12.8 Å². The number of ether oxygens (including phenoxy) is 3. The molecule has 1 rings (SSSR count). The zero-order valence-electron chi connectivity index (χ0n) is 37.1. The minimum absolute atomic E-state index is 0.144. The molecular weight excluding hydrogens is 743 g/mol. The lowest BCUT2D eigenvalue weighted by Gasteiger charge is -2.32. The van der Waals surface area contributed by atoms with Gasteiger partial charge in [0, 0.05) is 5.92 Å². The summed E-state index contributed by atoms with van der Waals surface area (Å²) < 4.78 is 17.3. The summed E-state index contributed by atoms with van der Waals surface area (Å²) in [6, 6.07) is 5.87.